The Labute approximate surface area is 281 Å². The summed E-state index contributed by atoms with van der Waals surface area (Å²) in [5.41, 5.74) is -6.18. The SMILES string of the molecule is C=CCOC(=O)C(O)[C@@H]1O[C@@](O)(OC(=O)NOCc2ccc(C(C)(C)C(C)C)cc2)[C@](O)(F)[C@@](O)(C(=O)OCC=C)[C@]1(O)C(=O)OCC=C. The van der Waals surface area contributed by atoms with Crippen molar-refractivity contribution < 1.29 is 77.6 Å². The number of aliphatic hydroxyl groups excluding tert-OH is 1. The van der Waals surface area contributed by atoms with Crippen LogP contribution in [-0.2, 0) is 54.9 Å². The van der Waals surface area contributed by atoms with E-state index in [0.29, 0.717) is 11.5 Å². The van der Waals surface area contributed by atoms with Gasteiger partial charge >= 0.3 is 35.8 Å². The van der Waals surface area contributed by atoms with Gasteiger partial charge in [0.25, 0.3) is 5.60 Å². The molecule has 17 heteroatoms. The number of ether oxygens (including phenoxy) is 5. The van der Waals surface area contributed by atoms with Crippen molar-refractivity contribution in [2.24, 2.45) is 5.92 Å². The fourth-order valence-electron chi connectivity index (χ4n) is 4.48. The van der Waals surface area contributed by atoms with Crippen molar-refractivity contribution in [3.8, 4) is 0 Å². The van der Waals surface area contributed by atoms with E-state index in [9.17, 15) is 44.7 Å². The number of aliphatic hydroxyl groups is 5. The van der Waals surface area contributed by atoms with Gasteiger partial charge in [-0.3, -0.25) is 4.84 Å². The number of benzene rings is 1. The summed E-state index contributed by atoms with van der Waals surface area (Å²) in [4.78, 5) is 56.6. The Morgan fingerprint density at radius 1 is 0.939 bits per heavy atom. The van der Waals surface area contributed by atoms with Gasteiger partial charge in [0.1, 0.15) is 25.9 Å². The van der Waals surface area contributed by atoms with Crippen LogP contribution in [0.1, 0.15) is 38.8 Å². The van der Waals surface area contributed by atoms with Gasteiger partial charge in [-0.1, -0.05) is 89.9 Å². The molecule has 1 aromatic rings. The van der Waals surface area contributed by atoms with Gasteiger partial charge in [0.05, 0.1) is 6.61 Å². The lowest BCUT2D eigenvalue weighted by Gasteiger charge is -2.55. The number of hydrogen-bond acceptors (Lipinski definition) is 15. The lowest BCUT2D eigenvalue weighted by molar-refractivity contribution is -0.519. The van der Waals surface area contributed by atoms with E-state index < -0.39 is 79.1 Å². The minimum absolute atomic E-state index is 0.164. The zero-order chi connectivity index (χ0) is 37.4. The number of halogens is 1. The van der Waals surface area contributed by atoms with E-state index in [4.69, 9.17) is 9.57 Å². The van der Waals surface area contributed by atoms with Gasteiger partial charge < -0.3 is 49.2 Å². The Kier molecular flexibility index (Phi) is 13.4. The van der Waals surface area contributed by atoms with Gasteiger partial charge in [-0.15, -0.1) is 0 Å². The summed E-state index contributed by atoms with van der Waals surface area (Å²) in [6.07, 6.45) is -5.39. The van der Waals surface area contributed by atoms with E-state index >= 15 is 4.39 Å². The highest BCUT2D eigenvalue weighted by atomic mass is 19.2. The van der Waals surface area contributed by atoms with Crippen LogP contribution in [0.15, 0.2) is 62.2 Å². The van der Waals surface area contributed by atoms with Crippen molar-refractivity contribution in [2.75, 3.05) is 19.8 Å². The number of amides is 1. The Balaban J connectivity index is 2.52. The van der Waals surface area contributed by atoms with Crippen LogP contribution in [0.4, 0.5) is 9.18 Å². The van der Waals surface area contributed by atoms with Crippen LogP contribution in [-0.4, -0.2) is 105 Å². The van der Waals surface area contributed by atoms with Crippen LogP contribution >= 0.6 is 0 Å². The molecule has 2 rings (SSSR count). The predicted molar refractivity (Wildman–Crippen MR) is 164 cm³/mol. The van der Waals surface area contributed by atoms with Crippen LogP contribution in [0, 0.1) is 5.92 Å². The topological polar surface area (TPSA) is 237 Å². The molecule has 1 fully saturated rings. The zero-order valence-electron chi connectivity index (χ0n) is 27.4. The first-order valence-electron chi connectivity index (χ1n) is 14.7. The van der Waals surface area contributed by atoms with Crippen LogP contribution in [0.3, 0.4) is 0 Å². The lowest BCUT2D eigenvalue weighted by atomic mass is 9.68. The van der Waals surface area contributed by atoms with Crippen LogP contribution in [0.5, 0.6) is 0 Å². The molecule has 16 nitrogen and oxygen atoms in total. The fourth-order valence-corrected chi connectivity index (χ4v) is 4.48. The lowest BCUT2D eigenvalue weighted by Crippen LogP contribution is -2.89. The highest BCUT2D eigenvalue weighted by molar-refractivity contribution is 5.96. The largest absolute Gasteiger partial charge is 0.459 e. The second-order valence-corrected chi connectivity index (χ2v) is 11.7. The number of rotatable bonds is 16. The molecule has 0 radical (unpaired) electrons. The quantitative estimate of drug-likeness (QED) is 0.0453. The number of carbonyl (C=O) groups is 4. The normalized spacial score (nSPS) is 27.3. The van der Waals surface area contributed by atoms with E-state index in [1.54, 1.807) is 17.6 Å². The van der Waals surface area contributed by atoms with Crippen LogP contribution < -0.4 is 5.48 Å². The molecule has 1 heterocycles. The smallest absolute Gasteiger partial charge is 0.435 e. The van der Waals surface area contributed by atoms with Gasteiger partial charge in [0.2, 0.25) is 5.60 Å². The molecule has 6 atom stereocenters. The molecule has 6 N–H and O–H groups in total. The summed E-state index contributed by atoms with van der Waals surface area (Å²) in [5.74, 6) is -16.0. The van der Waals surface area contributed by atoms with E-state index in [1.165, 1.54) is 0 Å². The second kappa shape index (κ2) is 16.0. The molecular formula is C32H42FNO15. The number of hydrogen-bond donors (Lipinski definition) is 6. The summed E-state index contributed by atoms with van der Waals surface area (Å²) in [5, 5.41) is 55.8. The number of nitrogens with one attached hydrogen (secondary N) is 1. The maximum atomic E-state index is 16.5. The van der Waals surface area contributed by atoms with Gasteiger partial charge in [-0.25, -0.2) is 19.2 Å². The molecule has 1 aliphatic rings. The summed E-state index contributed by atoms with van der Waals surface area (Å²) >= 11 is 0. The van der Waals surface area contributed by atoms with Crippen molar-refractivity contribution in [1.29, 1.82) is 0 Å². The van der Waals surface area contributed by atoms with E-state index in [-0.39, 0.29) is 12.0 Å². The van der Waals surface area contributed by atoms with E-state index in [1.807, 2.05) is 12.1 Å². The summed E-state index contributed by atoms with van der Waals surface area (Å²) in [7, 11) is 0. The first-order valence-corrected chi connectivity index (χ1v) is 14.7. The molecule has 0 aromatic heterocycles. The number of esters is 3. The Morgan fingerprint density at radius 2 is 1.45 bits per heavy atom. The average molecular weight is 700 g/mol. The van der Waals surface area contributed by atoms with Crippen molar-refractivity contribution in [3.05, 3.63) is 73.4 Å². The van der Waals surface area contributed by atoms with Gasteiger partial charge in [-0.2, -0.15) is 9.87 Å². The van der Waals surface area contributed by atoms with Gasteiger partial charge in [-0.05, 0) is 22.5 Å². The Hall–Kier alpha value is -4.23. The first-order chi connectivity index (χ1) is 22.7. The molecule has 0 spiro atoms. The highest BCUT2D eigenvalue weighted by Gasteiger charge is 2.88. The molecule has 49 heavy (non-hydrogen) atoms. The molecule has 0 aliphatic carbocycles. The standard InChI is InChI=1S/C32H42FNO15/c1-8-15-44-24(36)22(35)23-29(40,25(37)45-16-9-2)30(41,26(38)46-17-10-3)31(33,42)32(43,48-23)49-27(39)34-47-18-20-11-13-21(14-12-20)28(6,7)19(4)5/h8-14,19,22-23,35,40-43H,1-3,15-18H2,4-7H3,(H,34,39)/t22?,23-,29+,30+,31-,32+/m0/s1. The third kappa shape index (κ3) is 7.83. The van der Waals surface area contributed by atoms with Crippen LogP contribution in [0.25, 0.3) is 0 Å². The summed E-state index contributed by atoms with van der Waals surface area (Å²) < 4.78 is 39.5. The Bertz CT molecular complexity index is 1400. The monoisotopic (exact) mass is 699 g/mol. The fraction of sp³-hybridized carbons (Fsp3) is 0.500. The second-order valence-electron chi connectivity index (χ2n) is 11.7. The molecule has 1 aromatic carbocycles. The third-order valence-electron chi connectivity index (χ3n) is 8.06. The number of carbonyl (C=O) groups excluding carboxylic acids is 4. The molecule has 0 bridgehead atoms. The van der Waals surface area contributed by atoms with Gasteiger partial charge in [0.15, 0.2) is 6.10 Å². The number of hydroxylamine groups is 1. The first kappa shape index (κ1) is 40.9. The molecule has 1 amide bonds. The van der Waals surface area contributed by atoms with E-state index in [2.05, 4.69) is 66.4 Å². The average Bonchev–Trinajstić information content (AvgIpc) is 3.05. The molecule has 272 valence electrons. The predicted octanol–water partition coefficient (Wildman–Crippen LogP) is 0.492. The molecule has 1 unspecified atom stereocenters. The minimum Gasteiger partial charge on any atom is -0.459 e. The highest BCUT2D eigenvalue weighted by Crippen LogP contribution is 2.52. The summed E-state index contributed by atoms with van der Waals surface area (Å²) in [6.45, 7) is 15.4. The molecule has 1 aliphatic heterocycles. The van der Waals surface area contributed by atoms with Crippen molar-refractivity contribution in [3.63, 3.8) is 0 Å². The van der Waals surface area contributed by atoms with Crippen LogP contribution in [0.2, 0.25) is 0 Å². The summed E-state index contributed by atoms with van der Waals surface area (Å²) in [6, 6.07) is 7.03. The van der Waals surface area contributed by atoms with Crippen molar-refractivity contribution >= 4 is 24.0 Å². The Morgan fingerprint density at radius 3 is 1.96 bits per heavy atom. The maximum Gasteiger partial charge on any atom is 0.435 e. The zero-order valence-corrected chi connectivity index (χ0v) is 27.4. The van der Waals surface area contributed by atoms with E-state index in [0.717, 1.165) is 23.8 Å². The molecule has 0 saturated carbocycles. The maximum absolute atomic E-state index is 16.5. The molecule has 1 saturated heterocycles. The van der Waals surface area contributed by atoms with Crippen molar-refractivity contribution in [1.82, 2.24) is 5.48 Å². The minimum atomic E-state index is -5.27. The van der Waals surface area contributed by atoms with Crippen molar-refractivity contribution in [2.45, 2.75) is 75.0 Å². The van der Waals surface area contributed by atoms with Gasteiger partial charge in [0, 0.05) is 0 Å². The number of alkyl halides is 1. The third-order valence-corrected chi connectivity index (χ3v) is 8.06. The molecular weight excluding hydrogens is 657 g/mol.